The molecule has 104 valence electrons. The van der Waals surface area contributed by atoms with Crippen LogP contribution in [0.1, 0.15) is 12.1 Å². The lowest BCUT2D eigenvalue weighted by atomic mass is 10.3. The molecule has 1 rings (SSSR count). The summed E-state index contributed by atoms with van der Waals surface area (Å²) in [6.45, 7) is 1.78. The van der Waals surface area contributed by atoms with Crippen molar-refractivity contribution in [2.24, 2.45) is 0 Å². The average Bonchev–Trinajstić information content (AvgIpc) is 2.33. The number of nitrogen functional groups attached to an aromatic ring is 1. The van der Waals surface area contributed by atoms with E-state index >= 15 is 0 Å². The first-order chi connectivity index (χ1) is 8.86. The summed E-state index contributed by atoms with van der Waals surface area (Å²) < 4.78 is 0. The highest BCUT2D eigenvalue weighted by Crippen LogP contribution is 2.28. The highest BCUT2D eigenvalue weighted by atomic mass is 16.6. The molecule has 1 amide bonds. The molecule has 0 atom stereocenters. The monoisotopic (exact) mass is 268 g/mol. The van der Waals surface area contributed by atoms with Crippen LogP contribution in [0.25, 0.3) is 0 Å². The summed E-state index contributed by atoms with van der Waals surface area (Å²) in [4.78, 5) is 30.8. The standard InChI is InChI=1S/C10H16N6O3/c1-6-8(16(18)19)9(14-10(11)13-6)15(3)5-4-7(17)12-2/h4-5H2,1-3H3,(H,12,17)(H2,11,13,14). The van der Waals surface area contributed by atoms with Gasteiger partial charge in [0.1, 0.15) is 5.69 Å². The van der Waals surface area contributed by atoms with Gasteiger partial charge in [0.2, 0.25) is 17.7 Å². The Hall–Kier alpha value is -2.45. The van der Waals surface area contributed by atoms with E-state index in [9.17, 15) is 14.9 Å². The maximum Gasteiger partial charge on any atom is 0.332 e. The second-order valence-corrected chi connectivity index (χ2v) is 3.94. The molecular formula is C10H16N6O3. The molecule has 1 aromatic heterocycles. The molecule has 0 radical (unpaired) electrons. The summed E-state index contributed by atoms with van der Waals surface area (Å²) in [6, 6.07) is 0. The Morgan fingerprint density at radius 1 is 1.53 bits per heavy atom. The number of nitrogens with zero attached hydrogens (tertiary/aromatic N) is 4. The molecule has 0 saturated heterocycles. The number of carbonyl (C=O) groups is 1. The first-order valence-corrected chi connectivity index (χ1v) is 5.57. The SMILES string of the molecule is CNC(=O)CCN(C)c1nc(N)nc(C)c1[N+](=O)[O-]. The van der Waals surface area contributed by atoms with E-state index in [2.05, 4.69) is 15.3 Å². The normalized spacial score (nSPS) is 10.1. The van der Waals surface area contributed by atoms with E-state index < -0.39 is 4.92 Å². The minimum Gasteiger partial charge on any atom is -0.368 e. The number of nitrogens with one attached hydrogen (secondary N) is 1. The molecule has 0 bridgehead atoms. The van der Waals surface area contributed by atoms with Gasteiger partial charge in [-0.1, -0.05) is 0 Å². The van der Waals surface area contributed by atoms with Gasteiger partial charge in [0, 0.05) is 27.1 Å². The number of rotatable bonds is 5. The topological polar surface area (TPSA) is 127 Å². The molecule has 1 heterocycles. The Balaban J connectivity index is 3.04. The van der Waals surface area contributed by atoms with E-state index in [4.69, 9.17) is 5.73 Å². The minimum absolute atomic E-state index is 0.0371. The average molecular weight is 268 g/mol. The van der Waals surface area contributed by atoms with E-state index in [0.29, 0.717) is 0 Å². The highest BCUT2D eigenvalue weighted by molar-refractivity contribution is 5.76. The third-order valence-corrected chi connectivity index (χ3v) is 2.55. The zero-order chi connectivity index (χ0) is 14.6. The van der Waals surface area contributed by atoms with Crippen molar-refractivity contribution in [3.63, 3.8) is 0 Å². The molecule has 0 aliphatic carbocycles. The number of anilines is 2. The second-order valence-electron chi connectivity index (χ2n) is 3.94. The maximum atomic E-state index is 11.2. The summed E-state index contributed by atoms with van der Waals surface area (Å²) in [5, 5.41) is 13.5. The summed E-state index contributed by atoms with van der Waals surface area (Å²) >= 11 is 0. The molecule has 9 nitrogen and oxygen atoms in total. The Morgan fingerprint density at radius 2 is 2.16 bits per heavy atom. The summed E-state index contributed by atoms with van der Waals surface area (Å²) in [6.07, 6.45) is 0.201. The van der Waals surface area contributed by atoms with Crippen LogP contribution < -0.4 is 16.0 Å². The van der Waals surface area contributed by atoms with Gasteiger partial charge < -0.3 is 16.0 Å². The van der Waals surface area contributed by atoms with Gasteiger partial charge in [-0.25, -0.2) is 4.98 Å². The number of aryl methyl sites for hydroxylation is 1. The molecule has 0 saturated carbocycles. The van der Waals surface area contributed by atoms with Crippen molar-refractivity contribution in [3.8, 4) is 0 Å². The summed E-state index contributed by atoms with van der Waals surface area (Å²) in [5.41, 5.74) is 5.49. The Morgan fingerprint density at radius 3 is 2.68 bits per heavy atom. The maximum absolute atomic E-state index is 11.2. The second kappa shape index (κ2) is 5.94. The molecule has 0 unspecified atom stereocenters. The third kappa shape index (κ3) is 3.50. The van der Waals surface area contributed by atoms with Gasteiger partial charge in [-0.15, -0.1) is 0 Å². The van der Waals surface area contributed by atoms with Crippen LogP contribution in [0.5, 0.6) is 0 Å². The third-order valence-electron chi connectivity index (χ3n) is 2.55. The molecule has 0 aliphatic heterocycles. The first-order valence-electron chi connectivity index (χ1n) is 5.57. The Kier molecular flexibility index (Phi) is 4.56. The molecule has 3 N–H and O–H groups in total. The van der Waals surface area contributed by atoms with Crippen LogP contribution in [0.4, 0.5) is 17.5 Å². The van der Waals surface area contributed by atoms with Crippen molar-refractivity contribution in [3.05, 3.63) is 15.8 Å². The fourth-order valence-electron chi connectivity index (χ4n) is 1.55. The van der Waals surface area contributed by atoms with Crippen LogP contribution in [0.15, 0.2) is 0 Å². The smallest absolute Gasteiger partial charge is 0.332 e. The fraction of sp³-hybridized carbons (Fsp3) is 0.500. The number of nitrogens with two attached hydrogens (primary N) is 1. The van der Waals surface area contributed by atoms with Gasteiger partial charge in [-0.05, 0) is 6.92 Å². The molecule has 0 spiro atoms. The van der Waals surface area contributed by atoms with E-state index in [0.717, 1.165) is 0 Å². The van der Waals surface area contributed by atoms with Gasteiger partial charge in [0.25, 0.3) is 0 Å². The van der Waals surface area contributed by atoms with Gasteiger partial charge >= 0.3 is 5.69 Å². The summed E-state index contributed by atoms with van der Waals surface area (Å²) in [5.74, 6) is -0.0861. The molecule has 1 aromatic rings. The van der Waals surface area contributed by atoms with E-state index in [1.54, 1.807) is 7.05 Å². The fourth-order valence-corrected chi connectivity index (χ4v) is 1.55. The highest BCUT2D eigenvalue weighted by Gasteiger charge is 2.24. The zero-order valence-electron chi connectivity index (χ0n) is 11.0. The van der Waals surface area contributed by atoms with Crippen molar-refractivity contribution >= 4 is 23.4 Å². The molecule has 9 heteroatoms. The number of hydrogen-bond acceptors (Lipinski definition) is 7. The van der Waals surface area contributed by atoms with E-state index in [-0.39, 0.29) is 42.0 Å². The van der Waals surface area contributed by atoms with E-state index in [1.807, 2.05) is 0 Å². The number of hydrogen-bond donors (Lipinski definition) is 2. The van der Waals surface area contributed by atoms with Crippen molar-refractivity contribution in [1.29, 1.82) is 0 Å². The summed E-state index contributed by atoms with van der Waals surface area (Å²) in [7, 11) is 3.13. The lowest BCUT2D eigenvalue weighted by Gasteiger charge is -2.18. The predicted octanol–water partition coefficient (Wildman–Crippen LogP) is -0.152. The van der Waals surface area contributed by atoms with Gasteiger partial charge in [-0.3, -0.25) is 14.9 Å². The van der Waals surface area contributed by atoms with Gasteiger partial charge in [0.15, 0.2) is 0 Å². The van der Waals surface area contributed by atoms with Crippen LogP contribution in [-0.4, -0.2) is 41.4 Å². The lowest BCUT2D eigenvalue weighted by molar-refractivity contribution is -0.385. The van der Waals surface area contributed by atoms with Crippen molar-refractivity contribution in [1.82, 2.24) is 15.3 Å². The number of carbonyl (C=O) groups excluding carboxylic acids is 1. The van der Waals surface area contributed by atoms with Crippen LogP contribution in [0.2, 0.25) is 0 Å². The Labute approximate surface area is 110 Å². The van der Waals surface area contributed by atoms with Crippen molar-refractivity contribution < 1.29 is 9.72 Å². The van der Waals surface area contributed by atoms with Crippen LogP contribution in [0.3, 0.4) is 0 Å². The van der Waals surface area contributed by atoms with Gasteiger partial charge in [0.05, 0.1) is 4.92 Å². The quantitative estimate of drug-likeness (QED) is 0.561. The minimum atomic E-state index is -0.555. The molecule has 0 aromatic carbocycles. The van der Waals surface area contributed by atoms with Crippen molar-refractivity contribution in [2.45, 2.75) is 13.3 Å². The Bertz CT molecular complexity index is 504. The molecular weight excluding hydrogens is 252 g/mol. The van der Waals surface area contributed by atoms with Crippen molar-refractivity contribution in [2.75, 3.05) is 31.3 Å². The van der Waals surface area contributed by atoms with Gasteiger partial charge in [-0.2, -0.15) is 4.98 Å². The molecule has 19 heavy (non-hydrogen) atoms. The van der Waals surface area contributed by atoms with E-state index in [1.165, 1.54) is 18.9 Å². The largest absolute Gasteiger partial charge is 0.368 e. The van der Waals surface area contributed by atoms with Crippen LogP contribution in [0, 0.1) is 17.0 Å². The van der Waals surface area contributed by atoms with Crippen LogP contribution >= 0.6 is 0 Å². The first kappa shape index (κ1) is 14.6. The molecule has 0 fully saturated rings. The number of nitro groups is 1. The zero-order valence-corrected chi connectivity index (χ0v) is 11.0. The number of aromatic nitrogens is 2. The molecule has 0 aliphatic rings. The predicted molar refractivity (Wildman–Crippen MR) is 69.8 cm³/mol. The van der Waals surface area contributed by atoms with Crippen LogP contribution in [-0.2, 0) is 4.79 Å². The number of amides is 1. The lowest BCUT2D eigenvalue weighted by Crippen LogP contribution is -2.27.